The molecule has 0 aliphatic carbocycles. The molecule has 0 fully saturated rings. The minimum Gasteiger partial charge on any atom is -0.481 e. The van der Waals surface area contributed by atoms with E-state index in [0.717, 1.165) is 5.56 Å². The molecule has 0 bridgehead atoms. The third kappa shape index (κ3) is 3.28. The highest BCUT2D eigenvalue weighted by molar-refractivity contribution is 6.30. The van der Waals surface area contributed by atoms with Gasteiger partial charge < -0.3 is 9.26 Å². The molecular formula is C17H15ClN2O2. The van der Waals surface area contributed by atoms with Crippen molar-refractivity contribution in [2.45, 2.75) is 20.0 Å². The van der Waals surface area contributed by atoms with Gasteiger partial charge in [0.25, 0.3) is 5.89 Å². The Kier molecular flexibility index (Phi) is 4.11. The van der Waals surface area contributed by atoms with E-state index < -0.39 is 0 Å². The Hall–Kier alpha value is -2.33. The van der Waals surface area contributed by atoms with Crippen LogP contribution in [-0.4, -0.2) is 10.1 Å². The van der Waals surface area contributed by atoms with E-state index in [-0.39, 0.29) is 6.10 Å². The topological polar surface area (TPSA) is 48.2 Å². The summed E-state index contributed by atoms with van der Waals surface area (Å²) < 4.78 is 11.1. The Morgan fingerprint density at radius 3 is 2.41 bits per heavy atom. The minimum atomic E-state index is -0.340. The van der Waals surface area contributed by atoms with Gasteiger partial charge in [-0.3, -0.25) is 0 Å². The third-order valence-electron chi connectivity index (χ3n) is 3.23. The molecule has 0 saturated heterocycles. The predicted molar refractivity (Wildman–Crippen MR) is 85.0 cm³/mol. The summed E-state index contributed by atoms with van der Waals surface area (Å²) in [6, 6.07) is 15.1. The van der Waals surface area contributed by atoms with Crippen LogP contribution < -0.4 is 4.74 Å². The average Bonchev–Trinajstić information content (AvgIpc) is 3.00. The van der Waals surface area contributed by atoms with Gasteiger partial charge in [0.1, 0.15) is 5.75 Å². The second-order valence-electron chi connectivity index (χ2n) is 5.04. The normalized spacial score (nSPS) is 12.1. The second-order valence-corrected chi connectivity index (χ2v) is 5.47. The standard InChI is InChI=1S/C17H15ClN2O2/c1-11-3-5-13(6-4-11)16-19-17(22-20-16)12(2)21-15-9-7-14(18)8-10-15/h3-10,12H,1-2H3/t12-/m1/s1. The molecule has 3 aromatic rings. The molecule has 4 nitrogen and oxygen atoms in total. The fourth-order valence-electron chi connectivity index (χ4n) is 1.99. The van der Waals surface area contributed by atoms with E-state index in [1.54, 1.807) is 24.3 Å². The van der Waals surface area contributed by atoms with Crippen molar-refractivity contribution in [3.8, 4) is 17.1 Å². The molecule has 0 unspecified atom stereocenters. The first-order chi connectivity index (χ1) is 10.6. The molecule has 1 heterocycles. The summed E-state index contributed by atoms with van der Waals surface area (Å²) in [6.07, 6.45) is -0.340. The van der Waals surface area contributed by atoms with Crippen molar-refractivity contribution in [3.05, 3.63) is 65.0 Å². The number of halogens is 1. The molecular weight excluding hydrogens is 300 g/mol. The molecule has 2 aromatic carbocycles. The fourth-order valence-corrected chi connectivity index (χ4v) is 2.11. The first-order valence-corrected chi connectivity index (χ1v) is 7.32. The summed E-state index contributed by atoms with van der Waals surface area (Å²) >= 11 is 5.85. The predicted octanol–water partition coefficient (Wildman–Crippen LogP) is 4.84. The zero-order valence-electron chi connectivity index (χ0n) is 12.3. The smallest absolute Gasteiger partial charge is 0.267 e. The molecule has 3 rings (SSSR count). The molecule has 0 aliphatic rings. The van der Waals surface area contributed by atoms with Crippen molar-refractivity contribution in [2.75, 3.05) is 0 Å². The van der Waals surface area contributed by atoms with Crippen molar-refractivity contribution >= 4 is 11.6 Å². The Morgan fingerprint density at radius 2 is 1.73 bits per heavy atom. The van der Waals surface area contributed by atoms with Crippen LogP contribution in [0.2, 0.25) is 5.02 Å². The number of aromatic nitrogens is 2. The van der Waals surface area contributed by atoms with Gasteiger partial charge in [0, 0.05) is 10.6 Å². The molecule has 1 atom stereocenters. The number of benzene rings is 2. The first-order valence-electron chi connectivity index (χ1n) is 6.95. The van der Waals surface area contributed by atoms with Crippen molar-refractivity contribution in [3.63, 3.8) is 0 Å². The summed E-state index contributed by atoms with van der Waals surface area (Å²) in [7, 11) is 0. The van der Waals surface area contributed by atoms with Crippen molar-refractivity contribution < 1.29 is 9.26 Å². The molecule has 5 heteroatoms. The molecule has 0 aliphatic heterocycles. The lowest BCUT2D eigenvalue weighted by molar-refractivity contribution is 0.176. The van der Waals surface area contributed by atoms with Gasteiger partial charge in [-0.1, -0.05) is 46.6 Å². The average molecular weight is 315 g/mol. The third-order valence-corrected chi connectivity index (χ3v) is 3.48. The number of aryl methyl sites for hydroxylation is 1. The molecule has 0 spiro atoms. The second kappa shape index (κ2) is 6.20. The van der Waals surface area contributed by atoms with Gasteiger partial charge in [0.15, 0.2) is 6.10 Å². The van der Waals surface area contributed by atoms with Gasteiger partial charge in [0.2, 0.25) is 5.82 Å². The van der Waals surface area contributed by atoms with E-state index in [4.69, 9.17) is 20.9 Å². The highest BCUT2D eigenvalue weighted by atomic mass is 35.5. The monoisotopic (exact) mass is 314 g/mol. The van der Waals surface area contributed by atoms with Gasteiger partial charge >= 0.3 is 0 Å². The first kappa shape index (κ1) is 14.6. The van der Waals surface area contributed by atoms with Crippen LogP contribution in [0.1, 0.15) is 24.5 Å². The zero-order chi connectivity index (χ0) is 15.5. The summed E-state index contributed by atoms with van der Waals surface area (Å²) in [5.41, 5.74) is 2.10. The van der Waals surface area contributed by atoms with Crippen molar-refractivity contribution in [1.29, 1.82) is 0 Å². The maximum absolute atomic E-state index is 5.85. The zero-order valence-corrected chi connectivity index (χ0v) is 13.0. The molecule has 22 heavy (non-hydrogen) atoms. The van der Waals surface area contributed by atoms with Gasteiger partial charge in [-0.2, -0.15) is 4.98 Å². The van der Waals surface area contributed by atoms with Gasteiger partial charge in [-0.05, 0) is 38.1 Å². The SMILES string of the molecule is Cc1ccc(-c2noc([C@@H](C)Oc3ccc(Cl)cc3)n2)cc1. The van der Waals surface area contributed by atoms with Gasteiger partial charge in [-0.15, -0.1) is 0 Å². The number of ether oxygens (including phenoxy) is 1. The lowest BCUT2D eigenvalue weighted by Gasteiger charge is -2.10. The van der Waals surface area contributed by atoms with Crippen LogP contribution in [0, 0.1) is 6.92 Å². The van der Waals surface area contributed by atoms with Crippen LogP contribution >= 0.6 is 11.6 Å². The van der Waals surface area contributed by atoms with Crippen LogP contribution in [0.15, 0.2) is 53.1 Å². The van der Waals surface area contributed by atoms with Gasteiger partial charge in [0.05, 0.1) is 0 Å². The quantitative estimate of drug-likeness (QED) is 0.691. The summed E-state index contributed by atoms with van der Waals surface area (Å²) in [5, 5.41) is 4.67. The molecule has 112 valence electrons. The Labute approximate surface area is 133 Å². The molecule has 0 radical (unpaired) electrons. The summed E-state index contributed by atoms with van der Waals surface area (Å²) in [6.45, 7) is 3.90. The molecule has 1 aromatic heterocycles. The van der Waals surface area contributed by atoms with E-state index in [0.29, 0.717) is 22.5 Å². The molecule has 0 saturated carbocycles. The number of rotatable bonds is 4. The fraction of sp³-hybridized carbons (Fsp3) is 0.176. The van der Waals surface area contributed by atoms with Crippen molar-refractivity contribution in [1.82, 2.24) is 10.1 Å². The highest BCUT2D eigenvalue weighted by Gasteiger charge is 2.16. The van der Waals surface area contributed by atoms with Crippen LogP contribution in [0.4, 0.5) is 0 Å². The van der Waals surface area contributed by atoms with E-state index in [9.17, 15) is 0 Å². The number of hydrogen-bond donors (Lipinski definition) is 0. The maximum Gasteiger partial charge on any atom is 0.267 e. The Bertz CT molecular complexity index is 751. The van der Waals surface area contributed by atoms with Crippen LogP contribution in [0.3, 0.4) is 0 Å². The largest absolute Gasteiger partial charge is 0.481 e. The Morgan fingerprint density at radius 1 is 1.05 bits per heavy atom. The lowest BCUT2D eigenvalue weighted by atomic mass is 10.1. The van der Waals surface area contributed by atoms with E-state index in [1.807, 2.05) is 38.1 Å². The van der Waals surface area contributed by atoms with E-state index >= 15 is 0 Å². The Balaban J connectivity index is 1.75. The number of hydrogen-bond acceptors (Lipinski definition) is 4. The summed E-state index contributed by atoms with van der Waals surface area (Å²) in [5.74, 6) is 1.69. The van der Waals surface area contributed by atoms with Crippen LogP contribution in [0.25, 0.3) is 11.4 Å². The lowest BCUT2D eigenvalue weighted by Crippen LogP contribution is -2.03. The van der Waals surface area contributed by atoms with Gasteiger partial charge in [-0.25, -0.2) is 0 Å². The van der Waals surface area contributed by atoms with E-state index in [1.165, 1.54) is 5.56 Å². The maximum atomic E-state index is 5.85. The highest BCUT2D eigenvalue weighted by Crippen LogP contribution is 2.24. The van der Waals surface area contributed by atoms with E-state index in [2.05, 4.69) is 10.1 Å². The van der Waals surface area contributed by atoms with Crippen molar-refractivity contribution in [2.24, 2.45) is 0 Å². The minimum absolute atomic E-state index is 0.340. The molecule has 0 amide bonds. The van der Waals surface area contributed by atoms with Crippen LogP contribution in [-0.2, 0) is 0 Å². The number of nitrogens with zero attached hydrogens (tertiary/aromatic N) is 2. The molecule has 0 N–H and O–H groups in total. The van der Waals surface area contributed by atoms with Crippen LogP contribution in [0.5, 0.6) is 5.75 Å². The summed E-state index contributed by atoms with van der Waals surface area (Å²) in [4.78, 5) is 4.39.